The number of rotatable bonds is 5. The fourth-order valence-electron chi connectivity index (χ4n) is 4.10. The fourth-order valence-corrected chi connectivity index (χ4v) is 4.52. The number of carboxylic acid groups (broad SMARTS) is 1. The van der Waals surface area contributed by atoms with Crippen LogP contribution in [0.15, 0.2) is 83.3 Å². The molecule has 2 unspecified atom stereocenters. The van der Waals surface area contributed by atoms with Crippen molar-refractivity contribution in [1.29, 1.82) is 0 Å². The van der Waals surface area contributed by atoms with E-state index >= 15 is 0 Å². The second kappa shape index (κ2) is 8.29. The van der Waals surface area contributed by atoms with Gasteiger partial charge in [-0.25, -0.2) is 0 Å². The number of benzene rings is 3. The summed E-state index contributed by atoms with van der Waals surface area (Å²) in [7, 11) is 0. The van der Waals surface area contributed by atoms with Crippen LogP contribution in [0.25, 0.3) is 11.1 Å². The van der Waals surface area contributed by atoms with Gasteiger partial charge in [-0.2, -0.15) is 0 Å². The normalized spacial score (nSPS) is 18.1. The highest BCUT2D eigenvalue weighted by atomic mass is 79.9. The third kappa shape index (κ3) is 3.89. The average Bonchev–Trinajstić information content (AvgIpc) is 3.19. The minimum atomic E-state index is -0.738. The molecule has 4 heteroatoms. The molecule has 3 nitrogen and oxygen atoms in total. The molecule has 0 saturated carbocycles. The van der Waals surface area contributed by atoms with Crippen LogP contribution in [-0.4, -0.2) is 28.6 Å². The molecule has 0 aliphatic carbocycles. The molecule has 3 aromatic carbocycles. The first-order chi connectivity index (χ1) is 13.6. The number of aliphatic carboxylic acids is 1. The fraction of sp³-hybridized carbons (Fsp3) is 0.208. The molecule has 0 aromatic heterocycles. The number of hydrogen-bond donors (Lipinski definition) is 1. The number of likely N-dealkylation sites (tertiary alicyclic amines) is 1. The maximum atomic E-state index is 11.8. The van der Waals surface area contributed by atoms with Crippen LogP contribution in [0.1, 0.15) is 30.0 Å². The van der Waals surface area contributed by atoms with Gasteiger partial charge in [0.2, 0.25) is 0 Å². The molecule has 3 aromatic rings. The van der Waals surface area contributed by atoms with Crippen molar-refractivity contribution in [2.45, 2.75) is 24.9 Å². The minimum Gasteiger partial charge on any atom is -0.480 e. The van der Waals surface area contributed by atoms with Gasteiger partial charge in [0.05, 0.1) is 6.04 Å². The average molecular weight is 436 g/mol. The van der Waals surface area contributed by atoms with Crippen molar-refractivity contribution < 1.29 is 9.90 Å². The summed E-state index contributed by atoms with van der Waals surface area (Å²) >= 11 is 3.56. The van der Waals surface area contributed by atoms with Gasteiger partial charge in [0.25, 0.3) is 0 Å². The van der Waals surface area contributed by atoms with Gasteiger partial charge >= 0.3 is 5.97 Å². The van der Waals surface area contributed by atoms with Crippen molar-refractivity contribution in [1.82, 2.24) is 4.90 Å². The molecule has 1 fully saturated rings. The van der Waals surface area contributed by atoms with Crippen molar-refractivity contribution in [2.24, 2.45) is 0 Å². The zero-order valence-corrected chi connectivity index (χ0v) is 17.0. The van der Waals surface area contributed by atoms with Crippen LogP contribution < -0.4 is 0 Å². The summed E-state index contributed by atoms with van der Waals surface area (Å²) in [5.41, 5.74) is 4.56. The van der Waals surface area contributed by atoms with Crippen molar-refractivity contribution in [3.63, 3.8) is 0 Å². The Hall–Kier alpha value is -2.43. The molecule has 1 aliphatic heterocycles. The quantitative estimate of drug-likeness (QED) is 0.553. The summed E-state index contributed by atoms with van der Waals surface area (Å²) in [6.07, 6.45) is 1.60. The van der Waals surface area contributed by atoms with Gasteiger partial charge in [-0.3, -0.25) is 9.69 Å². The lowest BCUT2D eigenvalue weighted by Gasteiger charge is -2.32. The van der Waals surface area contributed by atoms with Crippen LogP contribution in [0, 0.1) is 0 Å². The molecule has 1 aliphatic rings. The topological polar surface area (TPSA) is 40.5 Å². The number of carboxylic acids is 1. The molecular formula is C24H22BrNO2. The minimum absolute atomic E-state index is 0.0778. The predicted octanol–water partition coefficient (Wildman–Crippen LogP) is 5.75. The van der Waals surface area contributed by atoms with Crippen LogP contribution in [-0.2, 0) is 4.79 Å². The number of nitrogens with zero attached hydrogens (tertiary/aromatic N) is 1. The molecule has 2 atom stereocenters. The van der Waals surface area contributed by atoms with Crippen molar-refractivity contribution in [3.05, 3.63) is 94.5 Å². The van der Waals surface area contributed by atoms with Gasteiger partial charge in [-0.1, -0.05) is 82.7 Å². The third-order valence-electron chi connectivity index (χ3n) is 5.41. The Balaban J connectivity index is 1.74. The molecule has 0 amide bonds. The first-order valence-corrected chi connectivity index (χ1v) is 10.3. The molecule has 1 N–H and O–H groups in total. The Morgan fingerprint density at radius 2 is 1.64 bits per heavy atom. The standard InChI is InChI=1S/C24H22BrNO2/c25-21-9-4-8-20(16-21)23(26-15-5-10-22(26)24(27)28)19-13-11-18(12-14-19)17-6-2-1-3-7-17/h1-4,6-9,11-14,16,22-23H,5,10,15H2,(H,27,28). The maximum absolute atomic E-state index is 11.8. The van der Waals surface area contributed by atoms with Gasteiger partial charge < -0.3 is 5.11 Å². The number of carbonyl (C=O) groups is 1. The van der Waals surface area contributed by atoms with E-state index in [4.69, 9.17) is 0 Å². The molecule has 1 saturated heterocycles. The number of hydrogen-bond acceptors (Lipinski definition) is 2. The summed E-state index contributed by atoms with van der Waals surface area (Å²) in [6, 6.07) is 26.5. The third-order valence-corrected chi connectivity index (χ3v) is 5.90. The summed E-state index contributed by atoms with van der Waals surface area (Å²) in [5, 5.41) is 9.72. The van der Waals surface area contributed by atoms with Gasteiger partial charge in [0.1, 0.15) is 6.04 Å². The molecule has 0 bridgehead atoms. The van der Waals surface area contributed by atoms with Crippen LogP contribution in [0.5, 0.6) is 0 Å². The monoisotopic (exact) mass is 435 g/mol. The molecule has 28 heavy (non-hydrogen) atoms. The number of halogens is 1. The summed E-state index contributed by atoms with van der Waals surface area (Å²) in [4.78, 5) is 14.0. The van der Waals surface area contributed by atoms with Crippen LogP contribution >= 0.6 is 15.9 Å². The van der Waals surface area contributed by atoms with E-state index in [1.165, 1.54) is 5.56 Å². The van der Waals surface area contributed by atoms with E-state index in [2.05, 4.69) is 69.4 Å². The predicted molar refractivity (Wildman–Crippen MR) is 115 cm³/mol. The van der Waals surface area contributed by atoms with Crippen molar-refractivity contribution in [2.75, 3.05) is 6.54 Å². The van der Waals surface area contributed by atoms with E-state index in [9.17, 15) is 9.90 Å². The highest BCUT2D eigenvalue weighted by Gasteiger charge is 2.36. The van der Waals surface area contributed by atoms with E-state index in [1.54, 1.807) is 0 Å². The Morgan fingerprint density at radius 3 is 2.32 bits per heavy atom. The van der Waals surface area contributed by atoms with E-state index < -0.39 is 12.0 Å². The Kier molecular flexibility index (Phi) is 5.60. The lowest BCUT2D eigenvalue weighted by molar-refractivity contribution is -0.142. The highest BCUT2D eigenvalue weighted by Crippen LogP contribution is 2.36. The highest BCUT2D eigenvalue weighted by molar-refractivity contribution is 9.10. The Labute approximate surface area is 173 Å². The Morgan fingerprint density at radius 1 is 0.929 bits per heavy atom. The summed E-state index contributed by atoms with van der Waals surface area (Å²) in [5.74, 6) is -0.738. The molecule has 0 spiro atoms. The van der Waals surface area contributed by atoms with Crippen LogP contribution in [0.4, 0.5) is 0 Å². The van der Waals surface area contributed by atoms with Gasteiger partial charge in [-0.15, -0.1) is 0 Å². The van der Waals surface area contributed by atoms with Crippen molar-refractivity contribution in [3.8, 4) is 11.1 Å². The molecule has 142 valence electrons. The van der Waals surface area contributed by atoms with E-state index in [-0.39, 0.29) is 6.04 Å². The smallest absolute Gasteiger partial charge is 0.320 e. The zero-order chi connectivity index (χ0) is 19.5. The molecule has 0 radical (unpaired) electrons. The van der Waals surface area contributed by atoms with Crippen LogP contribution in [0.3, 0.4) is 0 Å². The molecule has 1 heterocycles. The van der Waals surface area contributed by atoms with Gasteiger partial charge in [0, 0.05) is 11.0 Å². The van der Waals surface area contributed by atoms with E-state index in [1.807, 2.05) is 30.3 Å². The molecule has 4 rings (SSSR count). The summed E-state index contributed by atoms with van der Waals surface area (Å²) < 4.78 is 1.00. The lowest BCUT2D eigenvalue weighted by atomic mass is 9.94. The summed E-state index contributed by atoms with van der Waals surface area (Å²) in [6.45, 7) is 0.786. The van der Waals surface area contributed by atoms with Crippen molar-refractivity contribution >= 4 is 21.9 Å². The lowest BCUT2D eigenvalue weighted by Crippen LogP contribution is -2.39. The first-order valence-electron chi connectivity index (χ1n) is 9.53. The van der Waals surface area contributed by atoms with Gasteiger partial charge in [-0.05, 0) is 47.2 Å². The van der Waals surface area contributed by atoms with Crippen LogP contribution in [0.2, 0.25) is 0 Å². The SMILES string of the molecule is O=C(O)C1CCCN1C(c1ccc(-c2ccccc2)cc1)c1cccc(Br)c1. The molecular weight excluding hydrogens is 414 g/mol. The Bertz CT molecular complexity index is 956. The maximum Gasteiger partial charge on any atom is 0.320 e. The first kappa shape index (κ1) is 18.9. The van der Waals surface area contributed by atoms with E-state index in [0.29, 0.717) is 6.42 Å². The van der Waals surface area contributed by atoms with Gasteiger partial charge in [0.15, 0.2) is 0 Å². The largest absolute Gasteiger partial charge is 0.480 e. The zero-order valence-electron chi connectivity index (χ0n) is 15.5. The second-order valence-electron chi connectivity index (χ2n) is 7.18. The van der Waals surface area contributed by atoms with E-state index in [0.717, 1.165) is 34.1 Å². The second-order valence-corrected chi connectivity index (χ2v) is 8.10.